The molecule has 0 unspecified atom stereocenters. The molecule has 1 aliphatic heterocycles. The number of aliphatic hydroxyl groups excluding tert-OH is 1. The van der Waals surface area contributed by atoms with Crippen LogP contribution in [0.1, 0.15) is 38.3 Å². The minimum absolute atomic E-state index is 0.0269. The van der Waals surface area contributed by atoms with Crippen molar-refractivity contribution in [2.75, 3.05) is 20.3 Å². The fourth-order valence-electron chi connectivity index (χ4n) is 3.82. The van der Waals surface area contributed by atoms with Gasteiger partial charge < -0.3 is 23.7 Å². The molecule has 202 valence electrons. The SMILES string of the molecule is COc1ccc(COCC2=C[C@@H](O)C[C@H](CO[Si](C)(C)C(C)(C)C)N2C(=O)OCc2ccccc2)cc1. The zero-order valence-corrected chi connectivity index (χ0v) is 23.9. The molecule has 2 aromatic carbocycles. The molecule has 1 aliphatic rings. The van der Waals surface area contributed by atoms with E-state index in [-0.39, 0.29) is 24.3 Å². The van der Waals surface area contributed by atoms with Crippen molar-refractivity contribution in [1.82, 2.24) is 4.90 Å². The molecule has 0 radical (unpaired) electrons. The Morgan fingerprint density at radius 1 is 1.00 bits per heavy atom. The Balaban J connectivity index is 1.74. The minimum atomic E-state index is -2.07. The standard InChI is InChI=1S/C29H41NO6Si/c1-29(2,3)37(5,6)36-21-25-17-26(31)16-24(20-34-18-23-12-14-27(33-4)15-13-23)30(25)28(32)35-19-22-10-8-7-9-11-22/h7-16,25-26,31H,17-21H2,1-6H3/t25-,26-/m1/s1. The summed E-state index contributed by atoms with van der Waals surface area (Å²) >= 11 is 0. The van der Waals surface area contributed by atoms with Crippen LogP contribution >= 0.6 is 0 Å². The van der Waals surface area contributed by atoms with Crippen molar-refractivity contribution in [3.8, 4) is 5.75 Å². The first-order valence-electron chi connectivity index (χ1n) is 12.7. The van der Waals surface area contributed by atoms with Crippen molar-refractivity contribution < 1.29 is 28.5 Å². The lowest BCUT2D eigenvalue weighted by molar-refractivity contribution is 0.0398. The Morgan fingerprint density at radius 2 is 1.65 bits per heavy atom. The van der Waals surface area contributed by atoms with Gasteiger partial charge in [-0.15, -0.1) is 0 Å². The van der Waals surface area contributed by atoms with Crippen LogP contribution in [0.25, 0.3) is 0 Å². The number of methoxy groups -OCH3 is 1. The van der Waals surface area contributed by atoms with Gasteiger partial charge in [0.25, 0.3) is 0 Å². The third kappa shape index (κ3) is 8.17. The number of benzene rings is 2. The summed E-state index contributed by atoms with van der Waals surface area (Å²) in [4.78, 5) is 15.0. The molecule has 1 heterocycles. The van der Waals surface area contributed by atoms with E-state index in [1.54, 1.807) is 18.1 Å². The van der Waals surface area contributed by atoms with E-state index in [4.69, 9.17) is 18.6 Å². The minimum Gasteiger partial charge on any atom is -0.497 e. The first-order chi connectivity index (χ1) is 17.5. The molecule has 0 aromatic heterocycles. The summed E-state index contributed by atoms with van der Waals surface area (Å²) < 4.78 is 23.4. The number of carbonyl (C=O) groups is 1. The van der Waals surface area contributed by atoms with E-state index >= 15 is 0 Å². The van der Waals surface area contributed by atoms with E-state index in [9.17, 15) is 9.90 Å². The van der Waals surface area contributed by atoms with Crippen molar-refractivity contribution in [3.05, 3.63) is 77.5 Å². The number of hydrogen-bond acceptors (Lipinski definition) is 6. The van der Waals surface area contributed by atoms with Crippen LogP contribution in [0.2, 0.25) is 18.1 Å². The average Bonchev–Trinajstić information content (AvgIpc) is 2.86. The number of hydrogen-bond donors (Lipinski definition) is 1. The Morgan fingerprint density at radius 3 is 2.27 bits per heavy atom. The van der Waals surface area contributed by atoms with E-state index in [0.717, 1.165) is 16.9 Å². The van der Waals surface area contributed by atoms with Crippen molar-refractivity contribution in [1.29, 1.82) is 0 Å². The fraction of sp³-hybridized carbons (Fsp3) is 0.483. The van der Waals surface area contributed by atoms with Gasteiger partial charge in [0.05, 0.1) is 39.1 Å². The molecule has 1 amide bonds. The third-order valence-electron chi connectivity index (χ3n) is 7.10. The van der Waals surface area contributed by atoms with Crippen molar-refractivity contribution >= 4 is 14.4 Å². The van der Waals surface area contributed by atoms with E-state index in [0.29, 0.717) is 25.3 Å². The molecule has 0 fully saturated rings. The van der Waals surface area contributed by atoms with Crippen LogP contribution in [0.5, 0.6) is 5.75 Å². The van der Waals surface area contributed by atoms with Crippen LogP contribution in [0.15, 0.2) is 66.4 Å². The van der Waals surface area contributed by atoms with Gasteiger partial charge >= 0.3 is 6.09 Å². The topological polar surface area (TPSA) is 77.5 Å². The summed E-state index contributed by atoms with van der Waals surface area (Å²) in [6.07, 6.45) is 0.877. The molecule has 37 heavy (non-hydrogen) atoms. The van der Waals surface area contributed by atoms with Crippen LogP contribution in [-0.4, -0.2) is 56.9 Å². The molecular weight excluding hydrogens is 486 g/mol. The first kappa shape index (κ1) is 28.9. The Hall–Kier alpha value is -2.65. The number of amides is 1. The van der Waals surface area contributed by atoms with Gasteiger partial charge in [-0.05, 0) is 47.5 Å². The lowest BCUT2D eigenvalue weighted by Crippen LogP contribution is -2.51. The van der Waals surface area contributed by atoms with E-state index < -0.39 is 20.5 Å². The van der Waals surface area contributed by atoms with Gasteiger partial charge in [0.2, 0.25) is 0 Å². The van der Waals surface area contributed by atoms with Crippen molar-refractivity contribution in [2.24, 2.45) is 0 Å². The highest BCUT2D eigenvalue weighted by Crippen LogP contribution is 2.37. The summed E-state index contributed by atoms with van der Waals surface area (Å²) in [7, 11) is -0.439. The normalized spacial score (nSPS) is 18.4. The molecule has 0 spiro atoms. The van der Waals surface area contributed by atoms with Gasteiger partial charge in [-0.2, -0.15) is 0 Å². The van der Waals surface area contributed by atoms with Crippen LogP contribution < -0.4 is 4.74 Å². The smallest absolute Gasteiger partial charge is 0.414 e. The highest BCUT2D eigenvalue weighted by molar-refractivity contribution is 6.74. The number of ether oxygens (including phenoxy) is 3. The molecule has 0 saturated carbocycles. The summed E-state index contributed by atoms with van der Waals surface area (Å²) in [6, 6.07) is 16.8. The van der Waals surface area contributed by atoms with Crippen molar-refractivity contribution in [2.45, 2.75) is 70.7 Å². The average molecular weight is 528 g/mol. The molecule has 2 aromatic rings. The third-order valence-corrected chi connectivity index (χ3v) is 11.6. The quantitative estimate of drug-likeness (QED) is 0.388. The highest BCUT2D eigenvalue weighted by atomic mass is 28.4. The Bertz CT molecular complexity index is 1030. The molecule has 3 rings (SSSR count). The number of aliphatic hydroxyl groups is 1. The second-order valence-electron chi connectivity index (χ2n) is 10.9. The lowest BCUT2D eigenvalue weighted by Gasteiger charge is -2.41. The monoisotopic (exact) mass is 527 g/mol. The second-order valence-corrected chi connectivity index (χ2v) is 15.7. The van der Waals surface area contributed by atoms with Gasteiger partial charge in [-0.25, -0.2) is 4.79 Å². The number of rotatable bonds is 10. The second kappa shape index (κ2) is 12.7. The van der Waals surface area contributed by atoms with Gasteiger partial charge in [0.15, 0.2) is 8.32 Å². The fourth-order valence-corrected chi connectivity index (χ4v) is 4.86. The van der Waals surface area contributed by atoms with Gasteiger partial charge in [-0.3, -0.25) is 4.90 Å². The summed E-state index contributed by atoms with van der Waals surface area (Å²) in [5, 5.41) is 10.7. The van der Waals surface area contributed by atoms with E-state index in [2.05, 4.69) is 33.9 Å². The summed E-state index contributed by atoms with van der Waals surface area (Å²) in [5.41, 5.74) is 2.46. The maximum atomic E-state index is 13.4. The molecule has 1 N–H and O–H groups in total. The van der Waals surface area contributed by atoms with Crippen LogP contribution in [0.4, 0.5) is 4.79 Å². The Kier molecular flexibility index (Phi) is 9.95. The zero-order chi connectivity index (χ0) is 27.1. The summed E-state index contributed by atoms with van der Waals surface area (Å²) in [5.74, 6) is 0.777. The van der Waals surface area contributed by atoms with Crippen molar-refractivity contribution in [3.63, 3.8) is 0 Å². The summed E-state index contributed by atoms with van der Waals surface area (Å²) in [6.45, 7) is 11.9. The molecular formula is C29H41NO6Si. The van der Waals surface area contributed by atoms with Gasteiger partial charge in [-0.1, -0.05) is 63.2 Å². The number of nitrogens with zero attached hydrogens (tertiary/aromatic N) is 1. The molecule has 8 heteroatoms. The first-order valence-corrected chi connectivity index (χ1v) is 15.6. The van der Waals surface area contributed by atoms with Gasteiger partial charge in [0, 0.05) is 12.1 Å². The van der Waals surface area contributed by atoms with Gasteiger partial charge in [0.1, 0.15) is 12.4 Å². The zero-order valence-electron chi connectivity index (χ0n) is 22.9. The maximum absolute atomic E-state index is 13.4. The predicted molar refractivity (Wildman–Crippen MR) is 147 cm³/mol. The highest BCUT2D eigenvalue weighted by Gasteiger charge is 2.40. The molecule has 0 saturated heterocycles. The largest absolute Gasteiger partial charge is 0.497 e. The van der Waals surface area contributed by atoms with E-state index in [1.807, 2.05) is 54.6 Å². The Labute approximate surface area is 222 Å². The molecule has 0 aliphatic carbocycles. The predicted octanol–water partition coefficient (Wildman–Crippen LogP) is 5.89. The van der Waals surface area contributed by atoms with Crippen LogP contribution in [0, 0.1) is 0 Å². The molecule has 2 atom stereocenters. The molecule has 7 nitrogen and oxygen atoms in total. The van der Waals surface area contributed by atoms with E-state index in [1.165, 1.54) is 0 Å². The van der Waals surface area contributed by atoms with Crippen LogP contribution in [0.3, 0.4) is 0 Å². The lowest BCUT2D eigenvalue weighted by atomic mass is 10.0. The maximum Gasteiger partial charge on any atom is 0.414 e. The molecule has 0 bridgehead atoms. The number of carbonyl (C=O) groups excluding carboxylic acids is 1. The van der Waals surface area contributed by atoms with Crippen LogP contribution in [-0.2, 0) is 27.1 Å².